The number of hydrogen-bond donors (Lipinski definition) is 3. The van der Waals surface area contributed by atoms with Gasteiger partial charge in [-0.2, -0.15) is 5.26 Å². The minimum absolute atomic E-state index is 0.0930. The molecule has 6 heteroatoms. The van der Waals surface area contributed by atoms with E-state index in [1.807, 2.05) is 19.1 Å². The molecule has 0 radical (unpaired) electrons. The number of nitrogens with zero attached hydrogens (tertiary/aromatic N) is 2. The van der Waals surface area contributed by atoms with Crippen LogP contribution in [-0.4, -0.2) is 16.0 Å². The number of phenols is 1. The third-order valence-corrected chi connectivity index (χ3v) is 3.79. The lowest BCUT2D eigenvalue weighted by atomic mass is 10.1. The number of carbonyl (C=O) groups is 1. The van der Waals surface area contributed by atoms with E-state index in [2.05, 4.69) is 15.6 Å². The number of anilines is 2. The van der Waals surface area contributed by atoms with E-state index < -0.39 is 5.91 Å². The van der Waals surface area contributed by atoms with Crippen molar-refractivity contribution < 1.29 is 9.90 Å². The molecule has 6 nitrogen and oxygen atoms in total. The number of fused-ring (bicyclic) bond motifs is 1. The van der Waals surface area contributed by atoms with Gasteiger partial charge in [-0.1, -0.05) is 30.3 Å². The van der Waals surface area contributed by atoms with E-state index in [-0.39, 0.29) is 11.3 Å². The quantitative estimate of drug-likeness (QED) is 0.495. The molecular formula is C20H16N4O2. The van der Waals surface area contributed by atoms with Crippen molar-refractivity contribution in [1.29, 1.82) is 5.26 Å². The summed E-state index contributed by atoms with van der Waals surface area (Å²) in [6.45, 7) is 1.92. The van der Waals surface area contributed by atoms with Gasteiger partial charge in [0.05, 0.1) is 0 Å². The van der Waals surface area contributed by atoms with Gasteiger partial charge in [0.2, 0.25) is 0 Å². The number of nitriles is 1. The molecule has 3 rings (SSSR count). The van der Waals surface area contributed by atoms with Gasteiger partial charge in [0.15, 0.2) is 0 Å². The van der Waals surface area contributed by atoms with E-state index in [1.165, 1.54) is 6.20 Å². The lowest BCUT2D eigenvalue weighted by molar-refractivity contribution is -0.112. The normalized spacial score (nSPS) is 11.0. The maximum atomic E-state index is 12.4. The fraction of sp³-hybridized carbons (Fsp3) is 0.0500. The number of aromatic hydroxyl groups is 1. The molecule has 0 fully saturated rings. The van der Waals surface area contributed by atoms with E-state index in [1.54, 1.807) is 48.7 Å². The Labute approximate surface area is 150 Å². The van der Waals surface area contributed by atoms with E-state index in [0.29, 0.717) is 22.3 Å². The summed E-state index contributed by atoms with van der Waals surface area (Å²) < 4.78 is 0. The Hall–Kier alpha value is -3.85. The molecule has 0 aliphatic heterocycles. The molecule has 0 atom stereocenters. The number of hydrogen-bond acceptors (Lipinski definition) is 5. The second kappa shape index (κ2) is 7.36. The Kier molecular flexibility index (Phi) is 4.81. The molecule has 26 heavy (non-hydrogen) atoms. The van der Waals surface area contributed by atoms with Gasteiger partial charge in [0.1, 0.15) is 23.2 Å². The molecule has 0 bridgehead atoms. The van der Waals surface area contributed by atoms with E-state index in [9.17, 15) is 15.2 Å². The number of aryl methyl sites for hydroxylation is 1. The van der Waals surface area contributed by atoms with Crippen molar-refractivity contribution in [2.45, 2.75) is 6.92 Å². The summed E-state index contributed by atoms with van der Waals surface area (Å²) in [4.78, 5) is 16.6. The number of rotatable bonds is 4. The monoisotopic (exact) mass is 344 g/mol. The second-order valence-corrected chi connectivity index (χ2v) is 5.67. The predicted molar refractivity (Wildman–Crippen MR) is 101 cm³/mol. The summed E-state index contributed by atoms with van der Waals surface area (Å²) in [5.74, 6) is 0.107. The van der Waals surface area contributed by atoms with Gasteiger partial charge >= 0.3 is 0 Å². The third kappa shape index (κ3) is 3.62. The number of nitrogens with one attached hydrogen (secondary N) is 2. The fourth-order valence-electron chi connectivity index (χ4n) is 2.44. The molecule has 0 unspecified atom stereocenters. The zero-order chi connectivity index (χ0) is 18.5. The summed E-state index contributed by atoms with van der Waals surface area (Å²) in [5.41, 5.74) is 1.43. The van der Waals surface area contributed by atoms with Crippen LogP contribution in [-0.2, 0) is 4.79 Å². The molecule has 0 saturated carbocycles. The first-order valence-electron chi connectivity index (χ1n) is 7.90. The number of pyridine rings is 1. The lowest BCUT2D eigenvalue weighted by Gasteiger charge is -2.09. The van der Waals surface area contributed by atoms with Gasteiger partial charge < -0.3 is 15.7 Å². The summed E-state index contributed by atoms with van der Waals surface area (Å²) >= 11 is 0. The minimum Gasteiger partial charge on any atom is -0.507 e. The Bertz CT molecular complexity index is 1030. The third-order valence-electron chi connectivity index (χ3n) is 3.79. The van der Waals surface area contributed by atoms with Gasteiger partial charge in [-0.15, -0.1) is 0 Å². The Morgan fingerprint density at radius 1 is 1.15 bits per heavy atom. The summed E-state index contributed by atoms with van der Waals surface area (Å²) in [6, 6.07) is 15.8. The minimum atomic E-state index is -0.553. The van der Waals surface area contributed by atoms with Crippen LogP contribution in [0.15, 0.2) is 66.5 Å². The van der Waals surface area contributed by atoms with Crippen LogP contribution in [0.4, 0.5) is 11.5 Å². The molecule has 0 aliphatic carbocycles. The van der Waals surface area contributed by atoms with E-state index in [4.69, 9.17) is 0 Å². The molecule has 0 aliphatic rings. The predicted octanol–water partition coefficient (Wildman–Crippen LogP) is 3.71. The summed E-state index contributed by atoms with van der Waals surface area (Å²) in [7, 11) is 0. The molecule has 3 N–H and O–H groups in total. The number of carbonyl (C=O) groups excluding carboxylic acids is 1. The van der Waals surface area contributed by atoms with Crippen LogP contribution in [0.3, 0.4) is 0 Å². The smallest absolute Gasteiger partial charge is 0.267 e. The van der Waals surface area contributed by atoms with Gasteiger partial charge in [-0.3, -0.25) is 4.79 Å². The van der Waals surface area contributed by atoms with Crippen LogP contribution in [0.5, 0.6) is 5.75 Å². The number of amides is 1. The van der Waals surface area contributed by atoms with Crippen LogP contribution in [0.2, 0.25) is 0 Å². The van der Waals surface area contributed by atoms with E-state index >= 15 is 0 Å². The van der Waals surface area contributed by atoms with Crippen LogP contribution >= 0.6 is 0 Å². The average molecular weight is 344 g/mol. The lowest BCUT2D eigenvalue weighted by Crippen LogP contribution is -2.15. The van der Waals surface area contributed by atoms with Crippen molar-refractivity contribution >= 4 is 28.2 Å². The standard InChI is InChI=1S/C20H16N4O2/c1-13-8-9-19(22-11-13)23-12-14(10-21)20(26)24-17-6-2-5-16-15(17)4-3-7-18(16)25/h2-9,11-12,25H,1H3,(H,22,23)(H,24,26)/b14-12-. The summed E-state index contributed by atoms with van der Waals surface area (Å²) in [6.07, 6.45) is 3.00. The SMILES string of the molecule is Cc1ccc(N/C=C(/C#N)C(=O)Nc2cccc3c(O)cccc23)nc1. The zero-order valence-electron chi connectivity index (χ0n) is 14.0. The van der Waals surface area contributed by atoms with Crippen molar-refractivity contribution in [3.63, 3.8) is 0 Å². The zero-order valence-corrected chi connectivity index (χ0v) is 14.0. The van der Waals surface area contributed by atoms with Gasteiger partial charge in [0.25, 0.3) is 5.91 Å². The highest BCUT2D eigenvalue weighted by Gasteiger charge is 2.12. The maximum absolute atomic E-state index is 12.4. The van der Waals surface area contributed by atoms with Crippen LogP contribution in [0.1, 0.15) is 5.56 Å². The van der Waals surface area contributed by atoms with E-state index in [0.717, 1.165) is 5.56 Å². The van der Waals surface area contributed by atoms with Gasteiger partial charge in [-0.25, -0.2) is 4.98 Å². The first-order valence-corrected chi connectivity index (χ1v) is 7.90. The molecule has 3 aromatic rings. The highest BCUT2D eigenvalue weighted by Crippen LogP contribution is 2.29. The van der Waals surface area contributed by atoms with Crippen molar-refractivity contribution in [3.05, 3.63) is 72.1 Å². The number of benzene rings is 2. The highest BCUT2D eigenvalue weighted by molar-refractivity contribution is 6.11. The molecule has 0 saturated heterocycles. The molecule has 1 heterocycles. The second-order valence-electron chi connectivity index (χ2n) is 5.67. The van der Waals surface area contributed by atoms with Crippen molar-refractivity contribution in [3.8, 4) is 11.8 Å². The molecule has 1 aromatic heterocycles. The Balaban J connectivity index is 1.82. The van der Waals surface area contributed by atoms with Crippen molar-refractivity contribution in [2.24, 2.45) is 0 Å². The largest absolute Gasteiger partial charge is 0.507 e. The summed E-state index contributed by atoms with van der Waals surface area (Å²) in [5, 5.41) is 26.0. The number of aromatic nitrogens is 1. The fourth-order valence-corrected chi connectivity index (χ4v) is 2.44. The number of phenolic OH excluding ortho intramolecular Hbond substituents is 1. The molecule has 128 valence electrons. The Morgan fingerprint density at radius 3 is 2.65 bits per heavy atom. The highest BCUT2D eigenvalue weighted by atomic mass is 16.3. The van der Waals surface area contributed by atoms with Crippen LogP contribution in [0.25, 0.3) is 10.8 Å². The topological polar surface area (TPSA) is 98.0 Å². The van der Waals surface area contributed by atoms with Crippen LogP contribution in [0, 0.1) is 18.3 Å². The molecule has 0 spiro atoms. The van der Waals surface area contributed by atoms with Crippen molar-refractivity contribution in [2.75, 3.05) is 10.6 Å². The molecular weight excluding hydrogens is 328 g/mol. The Morgan fingerprint density at radius 2 is 1.92 bits per heavy atom. The van der Waals surface area contributed by atoms with Crippen LogP contribution < -0.4 is 10.6 Å². The first kappa shape index (κ1) is 17.0. The first-order chi connectivity index (χ1) is 12.6. The molecule has 2 aromatic carbocycles. The average Bonchev–Trinajstić information content (AvgIpc) is 2.64. The van der Waals surface area contributed by atoms with Crippen molar-refractivity contribution in [1.82, 2.24) is 4.98 Å². The van der Waals surface area contributed by atoms with Gasteiger partial charge in [0, 0.05) is 28.9 Å². The molecule has 1 amide bonds. The van der Waals surface area contributed by atoms with Gasteiger partial charge in [-0.05, 0) is 30.7 Å². The maximum Gasteiger partial charge on any atom is 0.267 e.